The zero-order valence-electron chi connectivity index (χ0n) is 20.1. The van der Waals surface area contributed by atoms with Crippen LogP contribution < -0.4 is 29.7 Å². The molecule has 0 spiro atoms. The van der Waals surface area contributed by atoms with E-state index >= 15 is 0 Å². The third kappa shape index (κ3) is 4.00. The molecule has 1 saturated heterocycles. The van der Waals surface area contributed by atoms with Gasteiger partial charge in [-0.15, -0.1) is 0 Å². The van der Waals surface area contributed by atoms with Crippen LogP contribution in [0.4, 0.5) is 11.4 Å². The minimum Gasteiger partial charge on any atom is -0.495 e. The number of methoxy groups -OCH3 is 1. The van der Waals surface area contributed by atoms with Gasteiger partial charge < -0.3 is 24.8 Å². The summed E-state index contributed by atoms with van der Waals surface area (Å²) in [6, 6.07) is 19.7. The quantitative estimate of drug-likeness (QED) is 0.411. The van der Waals surface area contributed by atoms with E-state index in [1.807, 2.05) is 61.2 Å². The van der Waals surface area contributed by atoms with Crippen molar-refractivity contribution in [1.82, 2.24) is 5.32 Å². The van der Waals surface area contributed by atoms with Gasteiger partial charge in [0.2, 0.25) is 5.91 Å². The number of benzene rings is 3. The monoisotopic (exact) mass is 523 g/mol. The number of anilines is 2. The summed E-state index contributed by atoms with van der Waals surface area (Å²) in [6.45, 7) is 4.27. The standard InChI is InChI=1S/C27H26ClN3O4S/c1-4-34-21-11-7-8-18-23-22(25(32)29-17-14-12-16(28)13-15-17)27(2,35-24(18)21)31(26(36)30-23)19-9-5-6-10-20(19)33-3/h5-15,22-23H,4H2,1-3H3,(H,29,32)(H,30,36)/t22-,23+,27+/m1/s1. The van der Waals surface area contributed by atoms with Crippen molar-refractivity contribution in [2.45, 2.75) is 25.6 Å². The van der Waals surface area contributed by atoms with Crippen LogP contribution in [0.25, 0.3) is 0 Å². The minimum absolute atomic E-state index is 0.229. The number of hydrogen-bond donors (Lipinski definition) is 2. The number of para-hydroxylation sites is 3. The smallest absolute Gasteiger partial charge is 0.236 e. The SMILES string of the molecule is CCOc1cccc2c1O[C@@]1(C)[C@@H](C(=O)Nc3ccc(Cl)cc3)[C@H]2NC(=S)N1c1ccccc1OC. The van der Waals surface area contributed by atoms with Gasteiger partial charge in [0.15, 0.2) is 22.3 Å². The summed E-state index contributed by atoms with van der Waals surface area (Å²) in [6.07, 6.45) is 0. The van der Waals surface area contributed by atoms with Crippen LogP contribution in [0.5, 0.6) is 17.2 Å². The van der Waals surface area contributed by atoms with E-state index in [-0.39, 0.29) is 5.91 Å². The largest absolute Gasteiger partial charge is 0.495 e. The molecule has 0 aromatic heterocycles. The maximum absolute atomic E-state index is 13.9. The van der Waals surface area contributed by atoms with Gasteiger partial charge in [0, 0.05) is 16.3 Å². The third-order valence-corrected chi connectivity index (χ3v) is 7.06. The second-order valence-electron chi connectivity index (χ2n) is 8.67. The average Bonchev–Trinajstić information content (AvgIpc) is 2.86. The first-order chi connectivity index (χ1) is 17.4. The number of carbonyl (C=O) groups excluding carboxylic acids is 1. The minimum atomic E-state index is -1.21. The van der Waals surface area contributed by atoms with Crippen molar-refractivity contribution < 1.29 is 19.0 Å². The van der Waals surface area contributed by atoms with Gasteiger partial charge in [-0.1, -0.05) is 35.9 Å². The Morgan fingerprint density at radius 1 is 1.14 bits per heavy atom. The molecule has 2 aliphatic heterocycles. The number of fused-ring (bicyclic) bond motifs is 4. The molecule has 9 heteroatoms. The molecule has 2 N–H and O–H groups in total. The van der Waals surface area contributed by atoms with E-state index < -0.39 is 17.7 Å². The van der Waals surface area contributed by atoms with Gasteiger partial charge in [0.05, 0.1) is 25.4 Å². The highest BCUT2D eigenvalue weighted by Gasteiger charge is 2.60. The Morgan fingerprint density at radius 2 is 1.86 bits per heavy atom. The van der Waals surface area contributed by atoms with Crippen LogP contribution in [0.15, 0.2) is 66.7 Å². The van der Waals surface area contributed by atoms with Gasteiger partial charge >= 0.3 is 0 Å². The van der Waals surface area contributed by atoms with E-state index in [1.165, 1.54) is 0 Å². The Bertz CT molecular complexity index is 1320. The van der Waals surface area contributed by atoms with Crippen LogP contribution in [-0.4, -0.2) is 30.5 Å². The number of nitrogens with zero attached hydrogens (tertiary/aromatic N) is 1. The highest BCUT2D eigenvalue weighted by molar-refractivity contribution is 7.80. The summed E-state index contributed by atoms with van der Waals surface area (Å²) < 4.78 is 18.3. The van der Waals surface area contributed by atoms with E-state index in [4.69, 9.17) is 38.0 Å². The fourth-order valence-corrected chi connectivity index (χ4v) is 5.50. The molecule has 0 saturated carbocycles. The fraction of sp³-hybridized carbons (Fsp3) is 0.259. The molecule has 1 amide bonds. The van der Waals surface area contributed by atoms with Crippen LogP contribution in [0, 0.1) is 5.92 Å². The van der Waals surface area contributed by atoms with E-state index in [9.17, 15) is 4.79 Å². The van der Waals surface area contributed by atoms with Crippen molar-refractivity contribution in [2.75, 3.05) is 23.9 Å². The van der Waals surface area contributed by atoms with Crippen molar-refractivity contribution in [1.29, 1.82) is 0 Å². The predicted molar refractivity (Wildman–Crippen MR) is 144 cm³/mol. The molecule has 1 fully saturated rings. The average molecular weight is 524 g/mol. The second-order valence-corrected chi connectivity index (χ2v) is 9.50. The first-order valence-electron chi connectivity index (χ1n) is 11.6. The zero-order chi connectivity index (χ0) is 25.4. The number of nitrogens with one attached hydrogen (secondary N) is 2. The molecule has 186 valence electrons. The van der Waals surface area contributed by atoms with Gasteiger partial charge in [0.25, 0.3) is 0 Å². The van der Waals surface area contributed by atoms with Gasteiger partial charge in [-0.25, -0.2) is 0 Å². The fourth-order valence-electron chi connectivity index (χ4n) is 4.97. The van der Waals surface area contributed by atoms with Crippen LogP contribution in [0.1, 0.15) is 25.5 Å². The molecule has 2 aliphatic rings. The topological polar surface area (TPSA) is 72.1 Å². The van der Waals surface area contributed by atoms with Crippen molar-refractivity contribution in [3.8, 4) is 17.2 Å². The number of hydrogen-bond acceptors (Lipinski definition) is 5. The summed E-state index contributed by atoms with van der Waals surface area (Å²) in [7, 11) is 1.60. The van der Waals surface area contributed by atoms with Crippen molar-refractivity contribution in [3.63, 3.8) is 0 Å². The first kappa shape index (κ1) is 24.2. The van der Waals surface area contributed by atoms with E-state index in [1.54, 1.807) is 31.4 Å². The number of ether oxygens (including phenoxy) is 3. The van der Waals surface area contributed by atoms with E-state index in [2.05, 4.69) is 10.6 Å². The number of halogens is 1. The Hall–Kier alpha value is -3.49. The zero-order valence-corrected chi connectivity index (χ0v) is 21.7. The summed E-state index contributed by atoms with van der Waals surface area (Å²) in [5.41, 5.74) is 0.904. The Labute approximate surface area is 220 Å². The second kappa shape index (κ2) is 9.52. The van der Waals surface area contributed by atoms with E-state index in [0.717, 1.165) is 5.56 Å². The molecule has 0 aliphatic carbocycles. The lowest BCUT2D eigenvalue weighted by atomic mass is 9.78. The van der Waals surface area contributed by atoms with Gasteiger partial charge in [-0.3, -0.25) is 9.69 Å². The molecular formula is C27H26ClN3O4S. The maximum atomic E-state index is 13.9. The normalized spacial score (nSPS) is 22.1. The lowest BCUT2D eigenvalue weighted by molar-refractivity contribution is -0.130. The number of rotatable bonds is 6. The first-order valence-corrected chi connectivity index (χ1v) is 12.4. The molecule has 0 unspecified atom stereocenters. The molecule has 36 heavy (non-hydrogen) atoms. The Kier molecular flexibility index (Phi) is 6.40. The lowest BCUT2D eigenvalue weighted by Gasteiger charge is -2.56. The summed E-state index contributed by atoms with van der Waals surface area (Å²) in [4.78, 5) is 15.7. The van der Waals surface area contributed by atoms with Gasteiger partial charge in [0.1, 0.15) is 11.7 Å². The van der Waals surface area contributed by atoms with E-state index in [0.29, 0.717) is 45.4 Å². The number of thiocarbonyl (C=S) groups is 1. The summed E-state index contributed by atoms with van der Waals surface area (Å²) in [5, 5.41) is 7.45. The highest BCUT2D eigenvalue weighted by Crippen LogP contribution is 2.53. The molecule has 2 bridgehead atoms. The van der Waals surface area contributed by atoms with Crippen molar-refractivity contribution in [2.24, 2.45) is 5.92 Å². The van der Waals surface area contributed by atoms with Crippen LogP contribution in [0.3, 0.4) is 0 Å². The predicted octanol–water partition coefficient (Wildman–Crippen LogP) is 5.55. The van der Waals surface area contributed by atoms with Crippen molar-refractivity contribution in [3.05, 3.63) is 77.3 Å². The highest BCUT2D eigenvalue weighted by atomic mass is 35.5. The van der Waals surface area contributed by atoms with Gasteiger partial charge in [-0.05, 0) is 68.5 Å². The van der Waals surface area contributed by atoms with Crippen LogP contribution in [-0.2, 0) is 4.79 Å². The van der Waals surface area contributed by atoms with Crippen molar-refractivity contribution >= 4 is 46.2 Å². The van der Waals surface area contributed by atoms with Gasteiger partial charge in [-0.2, -0.15) is 0 Å². The molecule has 3 aromatic rings. The molecule has 7 nitrogen and oxygen atoms in total. The third-order valence-electron chi connectivity index (χ3n) is 6.51. The molecular weight excluding hydrogens is 498 g/mol. The number of amides is 1. The number of carbonyl (C=O) groups is 1. The lowest BCUT2D eigenvalue weighted by Crippen LogP contribution is -2.72. The summed E-state index contributed by atoms with van der Waals surface area (Å²) >= 11 is 11.9. The molecule has 3 atom stereocenters. The molecule has 3 aromatic carbocycles. The molecule has 2 heterocycles. The molecule has 5 rings (SSSR count). The Morgan fingerprint density at radius 3 is 2.58 bits per heavy atom. The van der Waals surface area contributed by atoms with Crippen LogP contribution in [0.2, 0.25) is 5.02 Å². The maximum Gasteiger partial charge on any atom is 0.236 e. The van der Waals surface area contributed by atoms with Crippen LogP contribution >= 0.6 is 23.8 Å². The molecule has 0 radical (unpaired) electrons. The Balaban J connectivity index is 1.66. The summed E-state index contributed by atoms with van der Waals surface area (Å²) in [5.74, 6) is 0.863.